The molecule has 0 unspecified atom stereocenters. The van der Waals surface area contributed by atoms with Crippen LogP contribution in [0.1, 0.15) is 20.8 Å². The summed E-state index contributed by atoms with van der Waals surface area (Å²) in [5, 5.41) is 20.0. The Morgan fingerprint density at radius 2 is 1.92 bits per heavy atom. The van der Waals surface area contributed by atoms with Gasteiger partial charge in [0.2, 0.25) is 0 Å². The molecule has 3 aromatic rings. The molecule has 3 rings (SSSR count). The third-order valence-corrected chi connectivity index (χ3v) is 3.51. The molecule has 0 amide bonds. The number of carbonyl (C=O) groups excluding carboxylic acids is 1. The van der Waals surface area contributed by atoms with Gasteiger partial charge in [-0.1, -0.05) is 6.07 Å². The molecule has 3 heterocycles. The first-order valence-corrected chi connectivity index (χ1v) is 7.79. The fourth-order valence-corrected chi connectivity index (χ4v) is 2.55. The van der Waals surface area contributed by atoms with E-state index in [9.17, 15) is 14.8 Å². The van der Waals surface area contributed by atoms with Gasteiger partial charge < -0.3 is 14.8 Å². The lowest BCUT2D eigenvalue weighted by Crippen LogP contribution is -2.41. The van der Waals surface area contributed by atoms with Crippen molar-refractivity contribution in [3.05, 3.63) is 42.7 Å². The minimum Gasteiger partial charge on any atom is -0.443 e. The number of fused-ring (bicyclic) bond motifs is 1. The number of hydrogen-bond donors (Lipinski definition) is 2. The van der Waals surface area contributed by atoms with Gasteiger partial charge in [-0.25, -0.2) is 14.3 Å². The average Bonchev–Trinajstić information content (AvgIpc) is 2.94. The molecule has 7 nitrogen and oxygen atoms in total. The van der Waals surface area contributed by atoms with Crippen LogP contribution in [0.3, 0.4) is 0 Å². The first kappa shape index (κ1) is 17.1. The molecule has 0 saturated carbocycles. The molecule has 3 aromatic heterocycles. The van der Waals surface area contributed by atoms with Gasteiger partial charge in [-0.2, -0.15) is 0 Å². The molecule has 0 bridgehead atoms. The van der Waals surface area contributed by atoms with Gasteiger partial charge in [0.05, 0.1) is 11.3 Å². The molecule has 0 saturated heterocycles. The molecule has 0 aliphatic heterocycles. The minimum atomic E-state index is -1.85. The van der Waals surface area contributed by atoms with Crippen LogP contribution in [0.4, 0.5) is 4.79 Å². The van der Waals surface area contributed by atoms with E-state index in [1.54, 1.807) is 45.3 Å². The summed E-state index contributed by atoms with van der Waals surface area (Å²) in [7, 11) is -1.85. The Bertz CT molecular complexity index is 917. The topological polar surface area (TPSA) is 97.5 Å². The Morgan fingerprint density at radius 3 is 2.52 bits per heavy atom. The molecule has 0 fully saturated rings. The van der Waals surface area contributed by atoms with Crippen molar-refractivity contribution in [1.29, 1.82) is 0 Å². The lowest BCUT2D eigenvalue weighted by atomic mass is 9.86. The number of carbonyl (C=O) groups is 1. The van der Waals surface area contributed by atoms with E-state index in [0.717, 1.165) is 10.1 Å². The van der Waals surface area contributed by atoms with Crippen molar-refractivity contribution in [3.8, 4) is 11.3 Å². The predicted molar refractivity (Wildman–Crippen MR) is 94.4 cm³/mol. The van der Waals surface area contributed by atoms with Crippen LogP contribution in [0.15, 0.2) is 42.7 Å². The second kappa shape index (κ2) is 6.31. The molecule has 2 N–H and O–H groups in total. The summed E-state index contributed by atoms with van der Waals surface area (Å²) in [6.07, 6.45) is 2.48. The standard InChI is InChI=1S/C17H18BN3O4/c1-17(2,3)25-16(22)21-14(18(23)24)10-12-11(7-9-20-15(12)21)13-6-4-5-8-19-13/h4-10,23-24H,1-3H3. The Balaban J connectivity index is 2.23. The van der Waals surface area contributed by atoms with Crippen LogP contribution >= 0.6 is 0 Å². The summed E-state index contributed by atoms with van der Waals surface area (Å²) in [5.74, 6) is 0. The number of ether oxygens (including phenoxy) is 1. The maximum atomic E-state index is 12.6. The van der Waals surface area contributed by atoms with Crippen molar-refractivity contribution < 1.29 is 19.6 Å². The summed E-state index contributed by atoms with van der Waals surface area (Å²) >= 11 is 0. The number of nitrogens with zero attached hydrogens (tertiary/aromatic N) is 3. The van der Waals surface area contributed by atoms with E-state index >= 15 is 0 Å². The van der Waals surface area contributed by atoms with Crippen molar-refractivity contribution in [1.82, 2.24) is 14.5 Å². The summed E-state index contributed by atoms with van der Waals surface area (Å²) in [5.41, 5.74) is 0.954. The van der Waals surface area contributed by atoms with Crippen LogP contribution < -0.4 is 5.59 Å². The van der Waals surface area contributed by atoms with E-state index in [1.807, 2.05) is 12.1 Å². The minimum absolute atomic E-state index is 0.0138. The van der Waals surface area contributed by atoms with Gasteiger partial charge in [-0.3, -0.25) is 4.98 Å². The lowest BCUT2D eigenvalue weighted by Gasteiger charge is -2.20. The van der Waals surface area contributed by atoms with Crippen LogP contribution in [-0.4, -0.2) is 43.4 Å². The van der Waals surface area contributed by atoms with Crippen LogP contribution in [0, 0.1) is 0 Å². The normalized spacial score (nSPS) is 11.6. The van der Waals surface area contributed by atoms with Gasteiger partial charge in [0.1, 0.15) is 11.2 Å². The molecule has 0 radical (unpaired) electrons. The zero-order valence-corrected chi connectivity index (χ0v) is 14.2. The highest BCUT2D eigenvalue weighted by atomic mass is 16.6. The largest absolute Gasteiger partial charge is 0.506 e. The van der Waals surface area contributed by atoms with E-state index in [4.69, 9.17) is 4.74 Å². The van der Waals surface area contributed by atoms with Crippen LogP contribution in [0.25, 0.3) is 22.3 Å². The lowest BCUT2D eigenvalue weighted by molar-refractivity contribution is 0.0547. The van der Waals surface area contributed by atoms with E-state index < -0.39 is 18.8 Å². The van der Waals surface area contributed by atoms with Gasteiger partial charge >= 0.3 is 13.2 Å². The number of hydrogen-bond acceptors (Lipinski definition) is 6. The summed E-state index contributed by atoms with van der Waals surface area (Å²) in [6.45, 7) is 5.20. The van der Waals surface area contributed by atoms with Crippen LogP contribution in [0.5, 0.6) is 0 Å². The highest BCUT2D eigenvalue weighted by molar-refractivity contribution is 6.59. The number of aromatic nitrogens is 3. The predicted octanol–water partition coefficient (Wildman–Crippen LogP) is 1.56. The molecule has 0 aliphatic rings. The van der Waals surface area contributed by atoms with Crippen LogP contribution in [0.2, 0.25) is 0 Å². The SMILES string of the molecule is CC(C)(C)OC(=O)n1c(B(O)O)cc2c(-c3ccccn3)ccnc21. The Kier molecular flexibility index (Phi) is 4.32. The number of pyridine rings is 2. The van der Waals surface area contributed by atoms with Crippen LogP contribution in [-0.2, 0) is 4.74 Å². The molecule has 128 valence electrons. The summed E-state index contributed by atoms with van der Waals surface area (Å²) in [6, 6.07) is 8.76. The average molecular weight is 339 g/mol. The van der Waals surface area contributed by atoms with E-state index in [2.05, 4.69) is 9.97 Å². The van der Waals surface area contributed by atoms with Gasteiger partial charge in [-0.15, -0.1) is 0 Å². The molecular formula is C17H18BN3O4. The third-order valence-electron chi connectivity index (χ3n) is 3.51. The monoisotopic (exact) mass is 339 g/mol. The Morgan fingerprint density at radius 1 is 1.16 bits per heavy atom. The fourth-order valence-electron chi connectivity index (χ4n) is 2.55. The van der Waals surface area contributed by atoms with Gasteiger partial charge in [-0.05, 0) is 45.0 Å². The smallest absolute Gasteiger partial charge is 0.443 e. The van der Waals surface area contributed by atoms with E-state index in [0.29, 0.717) is 11.1 Å². The molecule has 0 aromatic carbocycles. The summed E-state index contributed by atoms with van der Waals surface area (Å²) < 4.78 is 6.45. The maximum absolute atomic E-state index is 12.6. The second-order valence-corrected chi connectivity index (χ2v) is 6.57. The maximum Gasteiger partial charge on any atom is 0.506 e. The van der Waals surface area contributed by atoms with Crippen molar-refractivity contribution in [2.24, 2.45) is 0 Å². The van der Waals surface area contributed by atoms with Crippen molar-refractivity contribution in [2.75, 3.05) is 0 Å². The van der Waals surface area contributed by atoms with E-state index in [1.165, 1.54) is 6.07 Å². The zero-order valence-electron chi connectivity index (χ0n) is 14.2. The molecule has 0 spiro atoms. The van der Waals surface area contributed by atoms with Gasteiger partial charge in [0.25, 0.3) is 0 Å². The molecule has 0 aliphatic carbocycles. The molecule has 0 atom stereocenters. The molecular weight excluding hydrogens is 321 g/mol. The Hall–Kier alpha value is -2.71. The first-order valence-electron chi connectivity index (χ1n) is 7.79. The van der Waals surface area contributed by atoms with Crippen molar-refractivity contribution in [2.45, 2.75) is 26.4 Å². The first-order chi connectivity index (χ1) is 11.8. The highest BCUT2D eigenvalue weighted by Gasteiger charge is 2.28. The highest BCUT2D eigenvalue weighted by Crippen LogP contribution is 2.26. The fraction of sp³-hybridized carbons (Fsp3) is 0.235. The van der Waals surface area contributed by atoms with E-state index in [-0.39, 0.29) is 11.2 Å². The summed E-state index contributed by atoms with van der Waals surface area (Å²) in [4.78, 5) is 21.1. The Labute approximate surface area is 145 Å². The molecule has 8 heteroatoms. The van der Waals surface area contributed by atoms with Crippen molar-refractivity contribution in [3.63, 3.8) is 0 Å². The zero-order chi connectivity index (χ0) is 18.2. The third kappa shape index (κ3) is 3.40. The quantitative estimate of drug-likeness (QED) is 0.688. The van der Waals surface area contributed by atoms with Gasteiger partial charge in [0, 0.05) is 23.3 Å². The second-order valence-electron chi connectivity index (χ2n) is 6.57. The number of rotatable bonds is 2. The van der Waals surface area contributed by atoms with Gasteiger partial charge in [0.15, 0.2) is 0 Å². The molecule has 25 heavy (non-hydrogen) atoms. The van der Waals surface area contributed by atoms with Crippen molar-refractivity contribution >= 4 is 29.8 Å².